The van der Waals surface area contributed by atoms with Gasteiger partial charge in [-0.25, -0.2) is 8.42 Å². The molecule has 1 heterocycles. The molecule has 0 aromatic heterocycles. The lowest BCUT2D eigenvalue weighted by Gasteiger charge is -2.18. The van der Waals surface area contributed by atoms with Gasteiger partial charge in [-0.05, 0) is 17.9 Å². The van der Waals surface area contributed by atoms with E-state index in [9.17, 15) is 8.42 Å². The standard InChI is InChI=1S/C10H18O3S/c1-10(2,3)5-6-13-9-4-7-14(11,12)8-9/h4,7,9H,5-6,8H2,1-3H3. The van der Waals surface area contributed by atoms with Crippen molar-refractivity contribution in [3.63, 3.8) is 0 Å². The summed E-state index contributed by atoms with van der Waals surface area (Å²) in [6, 6.07) is 0. The van der Waals surface area contributed by atoms with Crippen molar-refractivity contribution in [1.29, 1.82) is 0 Å². The normalized spacial score (nSPS) is 25.5. The van der Waals surface area contributed by atoms with Crippen LogP contribution in [0.3, 0.4) is 0 Å². The van der Waals surface area contributed by atoms with Crippen LogP contribution in [-0.4, -0.2) is 26.9 Å². The molecule has 0 spiro atoms. The van der Waals surface area contributed by atoms with Crippen LogP contribution in [0.5, 0.6) is 0 Å². The number of hydrogen-bond donors (Lipinski definition) is 0. The average Bonchev–Trinajstić information content (AvgIpc) is 2.27. The summed E-state index contributed by atoms with van der Waals surface area (Å²) in [7, 11) is -2.97. The van der Waals surface area contributed by atoms with Crippen LogP contribution in [0.2, 0.25) is 0 Å². The van der Waals surface area contributed by atoms with Crippen LogP contribution in [0, 0.1) is 5.41 Å². The van der Waals surface area contributed by atoms with Crippen LogP contribution >= 0.6 is 0 Å². The predicted octanol–water partition coefficient (Wildman–Crippen LogP) is 1.75. The monoisotopic (exact) mass is 218 g/mol. The molecule has 3 nitrogen and oxygen atoms in total. The van der Waals surface area contributed by atoms with Gasteiger partial charge in [0.2, 0.25) is 0 Å². The minimum absolute atomic E-state index is 0.108. The number of sulfone groups is 1. The van der Waals surface area contributed by atoms with E-state index in [0.717, 1.165) is 6.42 Å². The summed E-state index contributed by atoms with van der Waals surface area (Å²) < 4.78 is 27.5. The first-order valence-corrected chi connectivity index (χ1v) is 6.53. The van der Waals surface area contributed by atoms with Crippen LogP contribution in [0.4, 0.5) is 0 Å². The maximum absolute atomic E-state index is 11.0. The fourth-order valence-corrected chi connectivity index (χ4v) is 2.36. The quantitative estimate of drug-likeness (QED) is 0.725. The summed E-state index contributed by atoms with van der Waals surface area (Å²) in [4.78, 5) is 0. The first kappa shape index (κ1) is 11.7. The molecule has 4 heteroatoms. The SMILES string of the molecule is CC(C)(C)CCOC1C=CS(=O)(=O)C1. The molecule has 0 radical (unpaired) electrons. The van der Waals surface area contributed by atoms with Crippen LogP contribution in [0.25, 0.3) is 0 Å². The van der Waals surface area contributed by atoms with Crippen molar-refractivity contribution in [2.75, 3.05) is 12.4 Å². The smallest absolute Gasteiger partial charge is 0.174 e. The van der Waals surface area contributed by atoms with E-state index >= 15 is 0 Å². The Kier molecular flexibility index (Phi) is 3.37. The summed E-state index contributed by atoms with van der Waals surface area (Å²) in [5, 5.41) is 1.24. The third kappa shape index (κ3) is 4.24. The van der Waals surface area contributed by atoms with Crippen molar-refractivity contribution in [2.45, 2.75) is 33.3 Å². The Morgan fingerprint density at radius 1 is 1.43 bits per heavy atom. The highest BCUT2D eigenvalue weighted by Crippen LogP contribution is 2.19. The second-order valence-corrected chi connectivity index (χ2v) is 6.81. The minimum Gasteiger partial charge on any atom is -0.373 e. The fourth-order valence-electron chi connectivity index (χ4n) is 1.17. The summed E-state index contributed by atoms with van der Waals surface area (Å²) in [6.07, 6.45) is 2.33. The molecule has 1 aliphatic heterocycles. The van der Waals surface area contributed by atoms with Crippen molar-refractivity contribution < 1.29 is 13.2 Å². The molecule has 14 heavy (non-hydrogen) atoms. The van der Waals surface area contributed by atoms with Gasteiger partial charge in [0, 0.05) is 12.0 Å². The molecule has 0 N–H and O–H groups in total. The molecule has 0 saturated heterocycles. The van der Waals surface area contributed by atoms with Gasteiger partial charge in [-0.1, -0.05) is 20.8 Å². The van der Waals surface area contributed by atoms with Gasteiger partial charge in [-0.3, -0.25) is 0 Å². The molecule has 0 aliphatic carbocycles. The van der Waals surface area contributed by atoms with Crippen molar-refractivity contribution in [1.82, 2.24) is 0 Å². The molecule has 0 fully saturated rings. The lowest BCUT2D eigenvalue weighted by molar-refractivity contribution is 0.0797. The number of rotatable bonds is 3. The van der Waals surface area contributed by atoms with E-state index in [1.165, 1.54) is 5.41 Å². The molecule has 0 amide bonds. The van der Waals surface area contributed by atoms with Gasteiger partial charge in [0.25, 0.3) is 0 Å². The molecule has 0 aromatic rings. The van der Waals surface area contributed by atoms with Crippen molar-refractivity contribution in [3.05, 3.63) is 11.5 Å². The van der Waals surface area contributed by atoms with Crippen molar-refractivity contribution in [3.8, 4) is 0 Å². The Morgan fingerprint density at radius 2 is 2.07 bits per heavy atom. The molecular formula is C10H18O3S. The lowest BCUT2D eigenvalue weighted by atomic mass is 9.93. The lowest BCUT2D eigenvalue weighted by Crippen LogP contribution is -2.18. The molecule has 82 valence electrons. The third-order valence-electron chi connectivity index (χ3n) is 2.08. The van der Waals surface area contributed by atoms with Gasteiger partial charge in [-0.15, -0.1) is 0 Å². The zero-order valence-corrected chi connectivity index (χ0v) is 9.80. The first-order valence-electron chi connectivity index (χ1n) is 4.81. The number of ether oxygens (including phenoxy) is 1. The predicted molar refractivity (Wildman–Crippen MR) is 56.7 cm³/mol. The van der Waals surface area contributed by atoms with E-state index in [0.29, 0.717) is 6.61 Å². The summed E-state index contributed by atoms with van der Waals surface area (Å²) >= 11 is 0. The van der Waals surface area contributed by atoms with Gasteiger partial charge in [0.05, 0.1) is 11.9 Å². The number of hydrogen-bond acceptors (Lipinski definition) is 3. The van der Waals surface area contributed by atoms with Gasteiger partial charge in [0.15, 0.2) is 9.84 Å². The fraction of sp³-hybridized carbons (Fsp3) is 0.800. The molecule has 1 unspecified atom stereocenters. The zero-order valence-electron chi connectivity index (χ0n) is 8.99. The van der Waals surface area contributed by atoms with E-state index in [1.54, 1.807) is 6.08 Å². The largest absolute Gasteiger partial charge is 0.373 e. The van der Waals surface area contributed by atoms with Crippen LogP contribution < -0.4 is 0 Å². The Labute approximate surface area is 86.1 Å². The third-order valence-corrected chi connectivity index (χ3v) is 3.45. The summed E-state index contributed by atoms with van der Waals surface area (Å²) in [5.74, 6) is 0.108. The van der Waals surface area contributed by atoms with Crippen LogP contribution in [-0.2, 0) is 14.6 Å². The minimum atomic E-state index is -2.97. The van der Waals surface area contributed by atoms with Crippen LogP contribution in [0.15, 0.2) is 11.5 Å². The topological polar surface area (TPSA) is 43.4 Å². The molecular weight excluding hydrogens is 200 g/mol. The highest BCUT2D eigenvalue weighted by molar-refractivity contribution is 7.94. The van der Waals surface area contributed by atoms with Gasteiger partial charge in [-0.2, -0.15) is 0 Å². The highest BCUT2D eigenvalue weighted by atomic mass is 32.2. The molecule has 1 atom stereocenters. The van der Waals surface area contributed by atoms with E-state index < -0.39 is 9.84 Å². The van der Waals surface area contributed by atoms with Crippen molar-refractivity contribution >= 4 is 9.84 Å². The average molecular weight is 218 g/mol. The first-order chi connectivity index (χ1) is 6.29. The summed E-state index contributed by atoms with van der Waals surface area (Å²) in [6.45, 7) is 7.03. The van der Waals surface area contributed by atoms with Gasteiger partial charge < -0.3 is 4.74 Å². The second kappa shape index (κ2) is 4.03. The van der Waals surface area contributed by atoms with E-state index in [1.807, 2.05) is 0 Å². The Bertz CT molecular complexity index is 309. The second-order valence-electron chi connectivity index (χ2n) is 4.88. The Hall–Kier alpha value is -0.350. The van der Waals surface area contributed by atoms with Gasteiger partial charge in [0.1, 0.15) is 0 Å². The van der Waals surface area contributed by atoms with E-state index in [2.05, 4.69) is 20.8 Å². The van der Waals surface area contributed by atoms with Crippen molar-refractivity contribution in [2.24, 2.45) is 5.41 Å². The van der Waals surface area contributed by atoms with Crippen LogP contribution in [0.1, 0.15) is 27.2 Å². The van der Waals surface area contributed by atoms with E-state index in [-0.39, 0.29) is 17.3 Å². The maximum atomic E-state index is 11.0. The van der Waals surface area contributed by atoms with Gasteiger partial charge >= 0.3 is 0 Å². The Morgan fingerprint density at radius 3 is 2.50 bits per heavy atom. The molecule has 0 aromatic carbocycles. The molecule has 1 rings (SSSR count). The zero-order chi connectivity index (χ0) is 10.8. The Balaban J connectivity index is 2.26. The maximum Gasteiger partial charge on any atom is 0.174 e. The van der Waals surface area contributed by atoms with E-state index in [4.69, 9.17) is 4.74 Å². The summed E-state index contributed by atoms with van der Waals surface area (Å²) in [5.41, 5.74) is 0.237. The molecule has 1 aliphatic rings. The highest BCUT2D eigenvalue weighted by Gasteiger charge is 2.22. The molecule has 0 bridgehead atoms. The molecule has 0 saturated carbocycles.